The molecule has 3 rings (SSSR count). The Bertz CT molecular complexity index is 1140. The first-order chi connectivity index (χ1) is 13.4. The molecule has 144 valence electrons. The van der Waals surface area contributed by atoms with E-state index in [-0.39, 0.29) is 28.4 Å². The first-order valence-corrected chi connectivity index (χ1v) is 9.83. The number of halogens is 1. The van der Waals surface area contributed by atoms with E-state index in [1.807, 2.05) is 0 Å². The Morgan fingerprint density at radius 3 is 2.36 bits per heavy atom. The van der Waals surface area contributed by atoms with Crippen LogP contribution < -0.4 is 0 Å². The molecule has 6 nitrogen and oxygen atoms in total. The number of carbonyl (C=O) groups excluding carboxylic acids is 2. The highest BCUT2D eigenvalue weighted by Gasteiger charge is 2.30. The van der Waals surface area contributed by atoms with Crippen molar-refractivity contribution < 1.29 is 27.1 Å². The predicted molar refractivity (Wildman–Crippen MR) is 99.0 cm³/mol. The summed E-state index contributed by atoms with van der Waals surface area (Å²) in [6, 6.07) is 13.9. The van der Waals surface area contributed by atoms with Crippen LogP contribution in [0, 0.1) is 5.82 Å². The Morgan fingerprint density at radius 2 is 1.75 bits per heavy atom. The van der Waals surface area contributed by atoms with E-state index in [0.29, 0.717) is 6.29 Å². The van der Waals surface area contributed by atoms with Crippen molar-refractivity contribution in [1.82, 2.24) is 4.57 Å². The maximum Gasteiger partial charge on any atom is 0.340 e. The number of esters is 1. The van der Waals surface area contributed by atoms with Gasteiger partial charge in [0.2, 0.25) is 9.84 Å². The first-order valence-electron chi connectivity index (χ1n) is 8.35. The van der Waals surface area contributed by atoms with E-state index < -0.39 is 26.6 Å². The summed E-state index contributed by atoms with van der Waals surface area (Å²) in [5, 5.41) is -0.408. The zero-order valence-corrected chi connectivity index (χ0v) is 15.6. The van der Waals surface area contributed by atoms with Crippen LogP contribution in [0.2, 0.25) is 0 Å². The summed E-state index contributed by atoms with van der Waals surface area (Å²) in [5.41, 5.74) is -0.734. The second-order valence-electron chi connectivity index (χ2n) is 5.72. The third-order valence-electron chi connectivity index (χ3n) is 4.03. The van der Waals surface area contributed by atoms with Gasteiger partial charge in [0, 0.05) is 0 Å². The molecule has 0 bridgehead atoms. The van der Waals surface area contributed by atoms with Crippen LogP contribution in [0.1, 0.15) is 27.8 Å². The molecule has 0 aliphatic carbocycles. The van der Waals surface area contributed by atoms with E-state index in [9.17, 15) is 22.4 Å². The van der Waals surface area contributed by atoms with Crippen LogP contribution in [0.3, 0.4) is 0 Å². The SMILES string of the molecule is CCOC(=O)c1cc(S(=O)(=O)c2ccccc2)n(-c2ccccc2F)c1C=O. The van der Waals surface area contributed by atoms with Crippen molar-refractivity contribution in [2.45, 2.75) is 16.8 Å². The third-order valence-corrected chi connectivity index (χ3v) is 5.78. The van der Waals surface area contributed by atoms with Gasteiger partial charge in [-0.05, 0) is 37.3 Å². The van der Waals surface area contributed by atoms with Gasteiger partial charge in [0.1, 0.15) is 16.5 Å². The molecule has 2 aromatic carbocycles. The number of benzene rings is 2. The molecule has 0 aliphatic rings. The molecule has 0 amide bonds. The molecule has 0 saturated heterocycles. The van der Waals surface area contributed by atoms with Crippen LogP contribution in [-0.4, -0.2) is 31.8 Å². The maximum absolute atomic E-state index is 14.5. The molecule has 0 fully saturated rings. The van der Waals surface area contributed by atoms with E-state index in [2.05, 4.69) is 0 Å². The summed E-state index contributed by atoms with van der Waals surface area (Å²) in [5.74, 6) is -1.62. The van der Waals surface area contributed by atoms with Gasteiger partial charge in [-0.1, -0.05) is 30.3 Å². The number of carbonyl (C=O) groups is 2. The summed E-state index contributed by atoms with van der Waals surface area (Å²) >= 11 is 0. The van der Waals surface area contributed by atoms with Gasteiger partial charge in [0.15, 0.2) is 6.29 Å². The standard InChI is InChI=1S/C20H16FNO5S/c1-2-27-20(24)15-12-19(28(25,26)14-8-4-3-5-9-14)22(18(15)13-23)17-11-7-6-10-16(17)21/h3-13H,2H2,1H3. The van der Waals surface area contributed by atoms with Crippen LogP contribution in [0.5, 0.6) is 0 Å². The summed E-state index contributed by atoms with van der Waals surface area (Å²) in [7, 11) is -4.17. The minimum atomic E-state index is -4.17. The van der Waals surface area contributed by atoms with Gasteiger partial charge in [-0.15, -0.1) is 0 Å². The van der Waals surface area contributed by atoms with Gasteiger partial charge in [0.05, 0.1) is 22.8 Å². The Morgan fingerprint density at radius 1 is 1.11 bits per heavy atom. The molecule has 28 heavy (non-hydrogen) atoms. The normalized spacial score (nSPS) is 11.2. The van der Waals surface area contributed by atoms with Crippen molar-refractivity contribution in [2.24, 2.45) is 0 Å². The number of hydrogen-bond donors (Lipinski definition) is 0. The lowest BCUT2D eigenvalue weighted by Crippen LogP contribution is -2.13. The lowest BCUT2D eigenvalue weighted by molar-refractivity contribution is 0.0524. The van der Waals surface area contributed by atoms with Crippen molar-refractivity contribution in [1.29, 1.82) is 0 Å². The fourth-order valence-electron chi connectivity index (χ4n) is 2.79. The average molecular weight is 401 g/mol. The number of sulfone groups is 1. The minimum absolute atomic E-state index is 0.0305. The topological polar surface area (TPSA) is 82.4 Å². The van der Waals surface area contributed by atoms with Crippen LogP contribution in [0.15, 0.2) is 70.6 Å². The van der Waals surface area contributed by atoms with Gasteiger partial charge in [-0.3, -0.25) is 9.36 Å². The van der Waals surface area contributed by atoms with E-state index in [1.165, 1.54) is 42.5 Å². The van der Waals surface area contributed by atoms with E-state index >= 15 is 0 Å². The molecule has 1 aromatic heterocycles. The number of aldehydes is 1. The number of aromatic nitrogens is 1. The van der Waals surface area contributed by atoms with Crippen molar-refractivity contribution in [3.05, 3.63) is 77.7 Å². The molecular formula is C20H16FNO5S. The lowest BCUT2D eigenvalue weighted by atomic mass is 10.2. The second kappa shape index (κ2) is 7.77. The molecule has 0 unspecified atom stereocenters. The molecule has 3 aromatic rings. The summed E-state index contributed by atoms with van der Waals surface area (Å²) in [6.07, 6.45) is 0.308. The Hall–Kier alpha value is -3.26. The number of nitrogens with zero attached hydrogens (tertiary/aromatic N) is 1. The van der Waals surface area contributed by atoms with Gasteiger partial charge < -0.3 is 4.74 Å². The third kappa shape index (κ3) is 3.34. The zero-order valence-electron chi connectivity index (χ0n) is 14.8. The van der Waals surface area contributed by atoms with Crippen molar-refractivity contribution in [2.75, 3.05) is 6.61 Å². The first kappa shape index (κ1) is 19.5. The number of ether oxygens (including phenoxy) is 1. The smallest absolute Gasteiger partial charge is 0.340 e. The average Bonchev–Trinajstić information content (AvgIpc) is 3.09. The predicted octanol–water partition coefficient (Wildman–Crippen LogP) is 3.44. The Kier molecular flexibility index (Phi) is 5.41. The molecule has 0 radical (unpaired) electrons. The summed E-state index contributed by atoms with van der Waals surface area (Å²) in [4.78, 5) is 24.0. The molecule has 0 N–H and O–H groups in total. The number of hydrogen-bond acceptors (Lipinski definition) is 5. The minimum Gasteiger partial charge on any atom is -0.462 e. The molecule has 1 heterocycles. The summed E-state index contributed by atoms with van der Waals surface area (Å²) in [6.45, 7) is 1.61. The van der Waals surface area contributed by atoms with E-state index in [0.717, 1.165) is 16.7 Å². The molecule has 0 atom stereocenters. The maximum atomic E-state index is 14.5. The van der Waals surface area contributed by atoms with Gasteiger partial charge >= 0.3 is 5.97 Å². The van der Waals surface area contributed by atoms with Gasteiger partial charge in [-0.25, -0.2) is 17.6 Å². The van der Waals surface area contributed by atoms with Crippen LogP contribution in [0.25, 0.3) is 5.69 Å². The zero-order chi connectivity index (χ0) is 20.3. The fourth-order valence-corrected chi connectivity index (χ4v) is 4.26. The van der Waals surface area contributed by atoms with Gasteiger partial charge in [0.25, 0.3) is 0 Å². The van der Waals surface area contributed by atoms with E-state index in [1.54, 1.807) is 13.0 Å². The Balaban J connectivity index is 2.38. The lowest BCUT2D eigenvalue weighted by Gasteiger charge is -2.12. The van der Waals surface area contributed by atoms with Gasteiger partial charge in [-0.2, -0.15) is 0 Å². The molecule has 0 saturated carbocycles. The highest BCUT2D eigenvalue weighted by molar-refractivity contribution is 7.91. The molecule has 8 heteroatoms. The molecular weight excluding hydrogens is 385 g/mol. The van der Waals surface area contributed by atoms with E-state index in [4.69, 9.17) is 4.74 Å². The fraction of sp³-hybridized carbons (Fsp3) is 0.100. The second-order valence-corrected chi connectivity index (χ2v) is 7.62. The number of para-hydroxylation sites is 1. The van der Waals surface area contributed by atoms with Crippen molar-refractivity contribution in [3.8, 4) is 5.69 Å². The molecule has 0 aliphatic heterocycles. The number of rotatable bonds is 6. The summed E-state index contributed by atoms with van der Waals surface area (Å²) < 4.78 is 46.7. The highest BCUT2D eigenvalue weighted by Crippen LogP contribution is 2.30. The highest BCUT2D eigenvalue weighted by atomic mass is 32.2. The molecule has 0 spiro atoms. The van der Waals surface area contributed by atoms with Crippen LogP contribution in [-0.2, 0) is 14.6 Å². The van der Waals surface area contributed by atoms with Crippen molar-refractivity contribution >= 4 is 22.1 Å². The van der Waals surface area contributed by atoms with Crippen LogP contribution >= 0.6 is 0 Å². The van der Waals surface area contributed by atoms with Crippen molar-refractivity contribution in [3.63, 3.8) is 0 Å². The monoisotopic (exact) mass is 401 g/mol. The Labute approximate surface area is 161 Å². The van der Waals surface area contributed by atoms with Crippen LogP contribution in [0.4, 0.5) is 4.39 Å². The quantitative estimate of drug-likeness (QED) is 0.467. The largest absolute Gasteiger partial charge is 0.462 e.